The van der Waals surface area contributed by atoms with Gasteiger partial charge in [0.25, 0.3) is 0 Å². The van der Waals surface area contributed by atoms with E-state index in [2.05, 4.69) is 43.3 Å². The van der Waals surface area contributed by atoms with Crippen molar-refractivity contribution in [3.8, 4) is 0 Å². The van der Waals surface area contributed by atoms with Gasteiger partial charge in [0, 0.05) is 25.2 Å². The predicted molar refractivity (Wildman–Crippen MR) is 97.3 cm³/mol. The molecule has 0 bridgehead atoms. The first-order valence-corrected chi connectivity index (χ1v) is 7.18. The first kappa shape index (κ1) is 20.2. The minimum atomic E-state index is 0. The van der Waals surface area contributed by atoms with Gasteiger partial charge < -0.3 is 19.8 Å². The van der Waals surface area contributed by atoms with Crippen molar-refractivity contribution in [3.63, 3.8) is 0 Å². The number of guanidine groups is 1. The average Bonchev–Trinajstić information content (AvgIpc) is 2.84. The van der Waals surface area contributed by atoms with E-state index in [0.717, 1.165) is 31.2 Å². The molecule has 0 aliphatic rings. The summed E-state index contributed by atoms with van der Waals surface area (Å²) in [5, 5.41) is 6.59. The number of ether oxygens (including phenoxy) is 1. The fourth-order valence-corrected chi connectivity index (χ4v) is 1.59. The van der Waals surface area contributed by atoms with Crippen molar-refractivity contribution in [2.75, 3.05) is 19.7 Å². The van der Waals surface area contributed by atoms with Crippen LogP contribution in [0.5, 0.6) is 0 Å². The summed E-state index contributed by atoms with van der Waals surface area (Å²) in [6.07, 6.45) is 2.55. The molecule has 1 heterocycles. The van der Waals surface area contributed by atoms with E-state index >= 15 is 0 Å². The van der Waals surface area contributed by atoms with E-state index in [0.29, 0.717) is 13.2 Å². The number of furan rings is 1. The van der Waals surface area contributed by atoms with E-state index in [1.54, 1.807) is 6.26 Å². The molecule has 2 N–H and O–H groups in total. The Balaban J connectivity index is 0.00000400. The number of aliphatic imine (C=N–C) groups is 1. The highest BCUT2D eigenvalue weighted by Gasteiger charge is 2.11. The third-order valence-corrected chi connectivity index (χ3v) is 2.38. The number of halogens is 1. The van der Waals surface area contributed by atoms with Crippen LogP contribution in [0.15, 0.2) is 27.8 Å². The molecule has 1 aromatic heterocycles. The molecule has 5 nitrogen and oxygen atoms in total. The van der Waals surface area contributed by atoms with Crippen molar-refractivity contribution in [2.45, 2.75) is 46.3 Å². The fraction of sp³-hybridized carbons (Fsp3) is 0.667. The Bertz CT molecular complexity index is 386. The number of hydrogen-bond acceptors (Lipinski definition) is 3. The normalized spacial score (nSPS) is 11.9. The number of nitrogens with one attached hydrogen (secondary N) is 2. The van der Waals surface area contributed by atoms with Gasteiger partial charge in [-0.2, -0.15) is 0 Å². The van der Waals surface area contributed by atoms with Gasteiger partial charge in [0.1, 0.15) is 12.4 Å². The van der Waals surface area contributed by atoms with Crippen LogP contribution in [-0.2, 0) is 11.3 Å². The van der Waals surface area contributed by atoms with Crippen molar-refractivity contribution in [1.82, 2.24) is 10.6 Å². The summed E-state index contributed by atoms with van der Waals surface area (Å²) in [7, 11) is 0. The second-order valence-corrected chi connectivity index (χ2v) is 5.62. The van der Waals surface area contributed by atoms with Gasteiger partial charge in [-0.05, 0) is 46.2 Å². The number of nitrogens with zero attached hydrogens (tertiary/aromatic N) is 1. The number of hydrogen-bond donors (Lipinski definition) is 2. The molecule has 6 heteroatoms. The van der Waals surface area contributed by atoms with E-state index in [-0.39, 0.29) is 29.5 Å². The monoisotopic (exact) mass is 409 g/mol. The molecular weight excluding hydrogens is 381 g/mol. The van der Waals surface area contributed by atoms with Crippen molar-refractivity contribution >= 4 is 29.9 Å². The van der Waals surface area contributed by atoms with Crippen LogP contribution >= 0.6 is 24.0 Å². The quantitative estimate of drug-likeness (QED) is 0.315. The summed E-state index contributed by atoms with van der Waals surface area (Å²) in [5.74, 6) is 1.71. The van der Waals surface area contributed by atoms with E-state index in [4.69, 9.17) is 9.15 Å². The smallest absolute Gasteiger partial charge is 0.191 e. The molecule has 0 aliphatic carbocycles. The Morgan fingerprint density at radius 2 is 2.14 bits per heavy atom. The molecule has 0 saturated heterocycles. The Morgan fingerprint density at radius 3 is 2.71 bits per heavy atom. The number of rotatable bonds is 7. The van der Waals surface area contributed by atoms with Crippen LogP contribution in [0, 0.1) is 0 Å². The standard InChI is InChI=1S/C15H27N3O2.HI/c1-5-16-14(18-15(2,3)4)17-9-7-10-19-12-13-8-6-11-20-13;/h6,8,11H,5,7,9-10,12H2,1-4H3,(H2,16,17,18);1H. The highest BCUT2D eigenvalue weighted by molar-refractivity contribution is 14.0. The van der Waals surface area contributed by atoms with Crippen LogP contribution in [0.4, 0.5) is 0 Å². The maximum absolute atomic E-state index is 5.52. The second-order valence-electron chi connectivity index (χ2n) is 5.62. The van der Waals surface area contributed by atoms with Gasteiger partial charge in [0.15, 0.2) is 5.96 Å². The summed E-state index contributed by atoms with van der Waals surface area (Å²) in [4.78, 5) is 4.52. The molecule has 0 aromatic carbocycles. The zero-order valence-corrected chi connectivity index (χ0v) is 15.8. The third kappa shape index (κ3) is 10.6. The topological polar surface area (TPSA) is 58.8 Å². The SMILES string of the molecule is CCNC(=NCCCOCc1ccco1)NC(C)(C)C.I. The van der Waals surface area contributed by atoms with Gasteiger partial charge in [0.2, 0.25) is 0 Å². The van der Waals surface area contributed by atoms with Crippen molar-refractivity contribution in [1.29, 1.82) is 0 Å². The molecule has 1 rings (SSSR count). The third-order valence-electron chi connectivity index (χ3n) is 2.38. The molecule has 1 aromatic rings. The summed E-state index contributed by atoms with van der Waals surface area (Å²) in [6, 6.07) is 3.78. The molecule has 0 saturated carbocycles. The molecule has 122 valence electrons. The van der Waals surface area contributed by atoms with Crippen LogP contribution in [0.2, 0.25) is 0 Å². The molecule has 0 aliphatic heterocycles. The van der Waals surface area contributed by atoms with Crippen molar-refractivity contribution in [3.05, 3.63) is 24.2 Å². The Kier molecular flexibility index (Phi) is 10.5. The Morgan fingerprint density at radius 1 is 1.38 bits per heavy atom. The molecular formula is C15H28IN3O2. The summed E-state index contributed by atoms with van der Waals surface area (Å²) in [6.45, 7) is 11.2. The zero-order chi connectivity index (χ0) is 14.8. The van der Waals surface area contributed by atoms with Crippen LogP contribution in [0.1, 0.15) is 39.9 Å². The van der Waals surface area contributed by atoms with Gasteiger partial charge in [0.05, 0.1) is 6.26 Å². The average molecular weight is 409 g/mol. The highest BCUT2D eigenvalue weighted by Crippen LogP contribution is 2.02. The van der Waals surface area contributed by atoms with Gasteiger partial charge in [-0.15, -0.1) is 24.0 Å². The van der Waals surface area contributed by atoms with Crippen LogP contribution in [0.3, 0.4) is 0 Å². The maximum Gasteiger partial charge on any atom is 0.191 e. The first-order valence-electron chi connectivity index (χ1n) is 7.18. The minimum absolute atomic E-state index is 0. The lowest BCUT2D eigenvalue weighted by molar-refractivity contribution is 0.105. The lowest BCUT2D eigenvalue weighted by Crippen LogP contribution is -2.47. The molecule has 0 spiro atoms. The zero-order valence-electron chi connectivity index (χ0n) is 13.4. The van der Waals surface area contributed by atoms with Crippen molar-refractivity contribution < 1.29 is 9.15 Å². The molecule has 0 unspecified atom stereocenters. The van der Waals surface area contributed by atoms with Crippen LogP contribution in [0.25, 0.3) is 0 Å². The fourth-order valence-electron chi connectivity index (χ4n) is 1.59. The molecule has 21 heavy (non-hydrogen) atoms. The lowest BCUT2D eigenvalue weighted by Gasteiger charge is -2.23. The van der Waals surface area contributed by atoms with Gasteiger partial charge in [-0.3, -0.25) is 4.99 Å². The lowest BCUT2D eigenvalue weighted by atomic mass is 10.1. The molecule has 0 amide bonds. The summed E-state index contributed by atoms with van der Waals surface area (Å²) >= 11 is 0. The Labute approximate surface area is 144 Å². The molecule has 0 atom stereocenters. The molecule has 0 fully saturated rings. The first-order chi connectivity index (χ1) is 9.51. The molecule has 0 radical (unpaired) electrons. The van der Waals surface area contributed by atoms with E-state index < -0.39 is 0 Å². The largest absolute Gasteiger partial charge is 0.467 e. The van der Waals surface area contributed by atoms with Gasteiger partial charge in [-0.25, -0.2) is 0 Å². The van der Waals surface area contributed by atoms with Gasteiger partial charge >= 0.3 is 0 Å². The van der Waals surface area contributed by atoms with E-state index in [9.17, 15) is 0 Å². The van der Waals surface area contributed by atoms with Gasteiger partial charge in [-0.1, -0.05) is 0 Å². The van der Waals surface area contributed by atoms with E-state index in [1.165, 1.54) is 0 Å². The second kappa shape index (κ2) is 10.9. The maximum atomic E-state index is 5.52. The van der Waals surface area contributed by atoms with Crippen LogP contribution < -0.4 is 10.6 Å². The van der Waals surface area contributed by atoms with E-state index in [1.807, 2.05) is 12.1 Å². The van der Waals surface area contributed by atoms with Crippen molar-refractivity contribution in [2.24, 2.45) is 4.99 Å². The Hall–Kier alpha value is -0.760. The minimum Gasteiger partial charge on any atom is -0.467 e. The summed E-state index contributed by atoms with van der Waals surface area (Å²) < 4.78 is 10.7. The predicted octanol–water partition coefficient (Wildman–Crippen LogP) is 3.16. The van der Waals surface area contributed by atoms with Crippen LogP contribution in [-0.4, -0.2) is 31.2 Å². The highest BCUT2D eigenvalue weighted by atomic mass is 127. The summed E-state index contributed by atoms with van der Waals surface area (Å²) in [5.41, 5.74) is 0.0107.